The smallest absolute Gasteiger partial charge is 0.274 e. The molecule has 170 valence electrons. The van der Waals surface area contributed by atoms with Crippen molar-refractivity contribution >= 4 is 11.8 Å². The highest BCUT2D eigenvalue weighted by atomic mass is 19.1. The van der Waals surface area contributed by atoms with Gasteiger partial charge in [-0.1, -0.05) is 19.3 Å². The van der Waals surface area contributed by atoms with Gasteiger partial charge in [0.2, 0.25) is 5.43 Å². The van der Waals surface area contributed by atoms with Crippen LogP contribution in [0.3, 0.4) is 0 Å². The Kier molecular flexibility index (Phi) is 5.70. The van der Waals surface area contributed by atoms with E-state index in [-0.39, 0.29) is 17.8 Å². The number of carbonyl (C=O) groups excluding carboxylic acids is 2. The molecule has 32 heavy (non-hydrogen) atoms. The summed E-state index contributed by atoms with van der Waals surface area (Å²) in [6.45, 7) is -0.632. The first-order chi connectivity index (χ1) is 15.2. The Morgan fingerprint density at radius 2 is 1.72 bits per heavy atom. The largest absolute Gasteiger partial charge is 0.503 e. The van der Waals surface area contributed by atoms with Gasteiger partial charge in [0.25, 0.3) is 11.8 Å². The number of halogens is 3. The molecule has 2 aromatic rings. The summed E-state index contributed by atoms with van der Waals surface area (Å²) < 4.78 is 42.3. The third kappa shape index (κ3) is 3.63. The Hall–Kier alpha value is -3.30. The monoisotopic (exact) mass is 449 g/mol. The molecule has 1 aromatic carbocycles. The molecule has 2 amide bonds. The van der Waals surface area contributed by atoms with Crippen LogP contribution < -0.4 is 10.7 Å². The highest BCUT2D eigenvalue weighted by molar-refractivity contribution is 5.99. The number of hydrogen-bond acceptors (Lipinski definition) is 4. The van der Waals surface area contributed by atoms with Gasteiger partial charge in [0.15, 0.2) is 11.4 Å². The van der Waals surface area contributed by atoms with Gasteiger partial charge in [-0.3, -0.25) is 14.4 Å². The normalized spacial score (nSPS) is 20.4. The molecule has 1 saturated carbocycles. The molecule has 1 aliphatic heterocycles. The SMILES string of the molecule is CN1C(=O)c2c(O)c(=O)c(C(=O)NCc3c(F)cc(F)cc3F)cn2[C@@H]2CCCCC[C@@H]21. The molecule has 2 atom stereocenters. The van der Waals surface area contributed by atoms with Crippen molar-refractivity contribution in [1.29, 1.82) is 0 Å². The Morgan fingerprint density at radius 3 is 2.38 bits per heavy atom. The summed E-state index contributed by atoms with van der Waals surface area (Å²) in [6, 6.07) is 0.606. The van der Waals surface area contributed by atoms with Crippen LogP contribution in [0.1, 0.15) is 64.6 Å². The van der Waals surface area contributed by atoms with Gasteiger partial charge in [0.1, 0.15) is 23.0 Å². The van der Waals surface area contributed by atoms with Crippen molar-refractivity contribution < 1.29 is 27.9 Å². The quantitative estimate of drug-likeness (QED) is 0.754. The van der Waals surface area contributed by atoms with Crippen LogP contribution >= 0.6 is 0 Å². The maximum absolute atomic E-state index is 13.9. The molecular formula is C22H22F3N3O4. The van der Waals surface area contributed by atoms with Gasteiger partial charge in [-0.2, -0.15) is 0 Å². The van der Waals surface area contributed by atoms with Gasteiger partial charge in [-0.15, -0.1) is 0 Å². The summed E-state index contributed by atoms with van der Waals surface area (Å²) in [4.78, 5) is 39.7. The number of rotatable bonds is 3. The number of likely N-dealkylation sites (N-methyl/N-ethyl adjacent to an activating group) is 1. The van der Waals surface area contributed by atoms with E-state index in [2.05, 4.69) is 5.32 Å². The minimum absolute atomic E-state index is 0.141. The van der Waals surface area contributed by atoms with E-state index in [1.165, 1.54) is 15.7 Å². The molecule has 1 fully saturated rings. The van der Waals surface area contributed by atoms with Gasteiger partial charge < -0.3 is 19.9 Å². The number of aromatic hydroxyl groups is 1. The van der Waals surface area contributed by atoms with Crippen LogP contribution in [0.2, 0.25) is 0 Å². The minimum atomic E-state index is -1.18. The summed E-state index contributed by atoms with van der Waals surface area (Å²) >= 11 is 0. The predicted octanol–water partition coefficient (Wildman–Crippen LogP) is 2.86. The highest BCUT2D eigenvalue weighted by Gasteiger charge is 2.40. The Labute approximate surface area is 181 Å². The number of aromatic nitrogens is 1. The number of amides is 2. The van der Waals surface area contributed by atoms with E-state index in [9.17, 15) is 32.7 Å². The van der Waals surface area contributed by atoms with Crippen molar-refractivity contribution in [3.63, 3.8) is 0 Å². The molecule has 2 heterocycles. The highest BCUT2D eigenvalue weighted by Crippen LogP contribution is 2.37. The Morgan fingerprint density at radius 1 is 1.09 bits per heavy atom. The summed E-state index contributed by atoms with van der Waals surface area (Å²) in [6.07, 6.45) is 5.49. The average Bonchev–Trinajstić information content (AvgIpc) is 2.99. The van der Waals surface area contributed by atoms with E-state index in [0.717, 1.165) is 25.7 Å². The van der Waals surface area contributed by atoms with E-state index >= 15 is 0 Å². The first-order valence-corrected chi connectivity index (χ1v) is 10.4. The first kappa shape index (κ1) is 21.9. The number of nitrogens with one attached hydrogen (secondary N) is 1. The van der Waals surface area contributed by atoms with Crippen molar-refractivity contribution in [2.24, 2.45) is 0 Å². The molecule has 2 N–H and O–H groups in total. The molecule has 0 radical (unpaired) electrons. The third-order valence-corrected chi connectivity index (χ3v) is 6.31. The molecule has 1 aromatic heterocycles. The number of hydrogen-bond donors (Lipinski definition) is 2. The number of fused-ring (bicyclic) bond motifs is 3. The second-order valence-electron chi connectivity index (χ2n) is 8.20. The molecule has 2 aliphatic rings. The molecule has 10 heteroatoms. The van der Waals surface area contributed by atoms with Crippen LogP contribution in [0, 0.1) is 17.5 Å². The van der Waals surface area contributed by atoms with Crippen LogP contribution in [0.4, 0.5) is 13.2 Å². The number of nitrogens with zero attached hydrogens (tertiary/aromatic N) is 2. The summed E-state index contributed by atoms with van der Waals surface area (Å²) in [5.74, 6) is -5.77. The van der Waals surface area contributed by atoms with Crippen LogP contribution in [0.25, 0.3) is 0 Å². The van der Waals surface area contributed by atoms with Crippen LogP contribution in [-0.2, 0) is 6.54 Å². The Bertz CT molecular complexity index is 1140. The topological polar surface area (TPSA) is 91.6 Å². The fourth-order valence-electron chi connectivity index (χ4n) is 4.62. The lowest BCUT2D eigenvalue weighted by molar-refractivity contribution is 0.0568. The van der Waals surface area contributed by atoms with E-state index in [1.807, 2.05) is 0 Å². The molecule has 7 nitrogen and oxygen atoms in total. The predicted molar refractivity (Wildman–Crippen MR) is 108 cm³/mol. The maximum atomic E-state index is 13.9. The van der Waals surface area contributed by atoms with Crippen LogP contribution in [0.15, 0.2) is 23.1 Å². The summed E-state index contributed by atoms with van der Waals surface area (Å²) in [5, 5.41) is 12.7. The zero-order chi connectivity index (χ0) is 23.2. The van der Waals surface area contributed by atoms with Crippen molar-refractivity contribution in [2.45, 2.75) is 50.7 Å². The molecular weight excluding hydrogens is 427 g/mol. The zero-order valence-electron chi connectivity index (χ0n) is 17.3. The number of carbonyl (C=O) groups is 2. The molecule has 0 saturated heterocycles. The van der Waals surface area contributed by atoms with E-state index in [1.54, 1.807) is 7.05 Å². The molecule has 0 bridgehead atoms. The third-order valence-electron chi connectivity index (χ3n) is 6.31. The van der Waals surface area contributed by atoms with E-state index in [0.29, 0.717) is 18.6 Å². The second kappa shape index (κ2) is 8.33. The maximum Gasteiger partial charge on any atom is 0.274 e. The average molecular weight is 449 g/mol. The van der Waals surface area contributed by atoms with Crippen molar-refractivity contribution in [3.8, 4) is 5.75 Å². The van der Waals surface area contributed by atoms with Gasteiger partial charge in [0.05, 0.1) is 12.1 Å². The van der Waals surface area contributed by atoms with E-state index < -0.39 is 58.1 Å². The lowest BCUT2D eigenvalue weighted by Crippen LogP contribution is -2.49. The van der Waals surface area contributed by atoms with Crippen LogP contribution in [0.5, 0.6) is 5.75 Å². The minimum Gasteiger partial charge on any atom is -0.503 e. The van der Waals surface area contributed by atoms with Crippen molar-refractivity contribution in [2.75, 3.05) is 7.05 Å². The number of benzene rings is 1. The zero-order valence-corrected chi connectivity index (χ0v) is 17.3. The molecule has 1 aliphatic carbocycles. The van der Waals surface area contributed by atoms with Crippen molar-refractivity contribution in [3.05, 3.63) is 62.8 Å². The molecule has 4 rings (SSSR count). The fourth-order valence-corrected chi connectivity index (χ4v) is 4.62. The fraction of sp³-hybridized carbons (Fsp3) is 0.409. The lowest BCUT2D eigenvalue weighted by Gasteiger charge is -2.41. The van der Waals surface area contributed by atoms with E-state index in [4.69, 9.17) is 0 Å². The number of pyridine rings is 1. The standard InChI is InChI=1S/C22H22F3N3O4/c1-27-16-5-3-2-4-6-17(16)28-10-13(19(29)20(30)18(28)22(27)32)21(31)26-9-12-14(24)7-11(23)8-15(12)25/h7-8,10,16-17,30H,2-6,9H2,1H3,(H,26,31)/t16-,17+/m0/s1. The van der Waals surface area contributed by atoms with Crippen LogP contribution in [-0.4, -0.2) is 39.5 Å². The Balaban J connectivity index is 1.70. The van der Waals surface area contributed by atoms with Crippen molar-refractivity contribution in [1.82, 2.24) is 14.8 Å². The van der Waals surface area contributed by atoms with Gasteiger partial charge in [-0.05, 0) is 12.8 Å². The second-order valence-corrected chi connectivity index (χ2v) is 8.20. The van der Waals surface area contributed by atoms with Gasteiger partial charge in [0, 0.05) is 37.5 Å². The molecule has 0 unspecified atom stereocenters. The lowest BCUT2D eigenvalue weighted by atomic mass is 9.96. The summed E-state index contributed by atoms with van der Waals surface area (Å²) in [7, 11) is 1.63. The first-order valence-electron chi connectivity index (χ1n) is 10.4. The van der Waals surface area contributed by atoms with Gasteiger partial charge in [-0.25, -0.2) is 13.2 Å². The van der Waals surface area contributed by atoms with Gasteiger partial charge >= 0.3 is 0 Å². The molecule has 0 spiro atoms. The summed E-state index contributed by atoms with van der Waals surface area (Å²) in [5.41, 5.74) is -2.24.